The number of rotatable bonds is 6. The molecule has 2 atom stereocenters. The number of ether oxygens (including phenoxy) is 1. The predicted octanol–water partition coefficient (Wildman–Crippen LogP) is 1.00. The third-order valence-electron chi connectivity index (χ3n) is 3.60. The number of hydrogen-bond acceptors (Lipinski definition) is 3. The van der Waals surface area contributed by atoms with Gasteiger partial charge in [0.15, 0.2) is 0 Å². The highest BCUT2D eigenvalue weighted by molar-refractivity contribution is 4.83. The first kappa shape index (κ1) is 11.4. The summed E-state index contributed by atoms with van der Waals surface area (Å²) in [6, 6.07) is 0. The minimum atomic E-state index is 0.507. The fraction of sp³-hybridized carbons (Fsp3) is 1.00. The van der Waals surface area contributed by atoms with Crippen LogP contribution in [0.5, 0.6) is 0 Å². The van der Waals surface area contributed by atoms with Crippen LogP contribution in [0.15, 0.2) is 0 Å². The first-order chi connectivity index (χ1) is 7.36. The summed E-state index contributed by atoms with van der Waals surface area (Å²) in [6.45, 7) is 7.67. The van der Waals surface area contributed by atoms with Crippen molar-refractivity contribution in [3.8, 4) is 0 Å². The molecule has 2 N–H and O–H groups in total. The van der Waals surface area contributed by atoms with Crippen LogP contribution in [0, 0.1) is 11.8 Å². The Morgan fingerprint density at radius 2 is 2.07 bits per heavy atom. The molecule has 88 valence electrons. The molecule has 3 heteroatoms. The number of piperidine rings is 1. The van der Waals surface area contributed by atoms with E-state index in [1.54, 1.807) is 0 Å². The van der Waals surface area contributed by atoms with Crippen molar-refractivity contribution >= 4 is 0 Å². The maximum atomic E-state index is 5.81. The maximum absolute atomic E-state index is 5.81. The molecule has 2 rings (SSSR count). The van der Waals surface area contributed by atoms with Crippen LogP contribution in [0.1, 0.15) is 26.2 Å². The zero-order valence-corrected chi connectivity index (χ0v) is 9.80. The number of hydrogen-bond donors (Lipinski definition) is 2. The van der Waals surface area contributed by atoms with Crippen LogP contribution in [-0.2, 0) is 4.74 Å². The van der Waals surface area contributed by atoms with E-state index in [0.717, 1.165) is 38.1 Å². The first-order valence-corrected chi connectivity index (χ1v) is 6.39. The molecule has 1 aliphatic heterocycles. The predicted molar refractivity (Wildman–Crippen MR) is 62.0 cm³/mol. The monoisotopic (exact) mass is 212 g/mol. The van der Waals surface area contributed by atoms with Gasteiger partial charge in [0.25, 0.3) is 0 Å². The highest BCUT2D eigenvalue weighted by atomic mass is 16.5. The van der Waals surface area contributed by atoms with Crippen molar-refractivity contribution < 1.29 is 4.74 Å². The Balaban J connectivity index is 1.41. The third-order valence-corrected chi connectivity index (χ3v) is 3.60. The summed E-state index contributed by atoms with van der Waals surface area (Å²) in [5.74, 6) is 1.91. The molecule has 0 radical (unpaired) electrons. The molecule has 0 aromatic carbocycles. The molecular formula is C12H24N2O. The van der Waals surface area contributed by atoms with Gasteiger partial charge < -0.3 is 15.4 Å². The molecule has 0 bridgehead atoms. The van der Waals surface area contributed by atoms with Crippen molar-refractivity contribution in [3.05, 3.63) is 0 Å². The minimum Gasteiger partial charge on any atom is -0.377 e. The second-order valence-electron chi connectivity index (χ2n) is 5.00. The minimum absolute atomic E-state index is 0.507. The summed E-state index contributed by atoms with van der Waals surface area (Å²) in [5.41, 5.74) is 0. The van der Waals surface area contributed by atoms with Crippen molar-refractivity contribution in [1.82, 2.24) is 10.6 Å². The molecule has 0 spiro atoms. The van der Waals surface area contributed by atoms with Gasteiger partial charge in [0.05, 0.1) is 12.7 Å². The lowest BCUT2D eigenvalue weighted by Gasteiger charge is -2.22. The van der Waals surface area contributed by atoms with Crippen molar-refractivity contribution in [2.24, 2.45) is 11.8 Å². The van der Waals surface area contributed by atoms with Crippen LogP contribution in [0.25, 0.3) is 0 Å². The maximum Gasteiger partial charge on any atom is 0.0600 e. The standard InChI is InChI=1S/C12H24N2O/c1-10-8-11(10)9-14-6-7-15-12-2-4-13-5-3-12/h10-14H,2-9H2,1H3. The highest BCUT2D eigenvalue weighted by Gasteiger charge is 2.31. The Hall–Kier alpha value is -0.120. The Bertz CT molecular complexity index is 180. The molecule has 0 amide bonds. The van der Waals surface area contributed by atoms with Crippen LogP contribution < -0.4 is 10.6 Å². The summed E-state index contributed by atoms with van der Waals surface area (Å²) < 4.78 is 5.81. The smallest absolute Gasteiger partial charge is 0.0600 e. The molecule has 1 aliphatic carbocycles. The van der Waals surface area contributed by atoms with Gasteiger partial charge in [-0.05, 0) is 50.7 Å². The molecule has 2 fully saturated rings. The average Bonchev–Trinajstić information content (AvgIpc) is 2.96. The van der Waals surface area contributed by atoms with Gasteiger partial charge in [0.1, 0.15) is 0 Å². The largest absolute Gasteiger partial charge is 0.377 e. The van der Waals surface area contributed by atoms with E-state index in [9.17, 15) is 0 Å². The van der Waals surface area contributed by atoms with E-state index in [-0.39, 0.29) is 0 Å². The fourth-order valence-corrected chi connectivity index (χ4v) is 2.23. The zero-order chi connectivity index (χ0) is 10.5. The van der Waals surface area contributed by atoms with Gasteiger partial charge in [-0.25, -0.2) is 0 Å². The Morgan fingerprint density at radius 1 is 1.33 bits per heavy atom. The molecule has 15 heavy (non-hydrogen) atoms. The van der Waals surface area contributed by atoms with Gasteiger partial charge in [-0.2, -0.15) is 0 Å². The Kier molecular flexibility index (Phi) is 4.42. The van der Waals surface area contributed by atoms with Crippen LogP contribution >= 0.6 is 0 Å². The van der Waals surface area contributed by atoms with E-state index in [4.69, 9.17) is 4.74 Å². The summed E-state index contributed by atoms with van der Waals surface area (Å²) >= 11 is 0. The van der Waals surface area contributed by atoms with Gasteiger partial charge in [-0.1, -0.05) is 6.92 Å². The normalized spacial score (nSPS) is 31.8. The van der Waals surface area contributed by atoms with Gasteiger partial charge in [0.2, 0.25) is 0 Å². The van der Waals surface area contributed by atoms with E-state index < -0.39 is 0 Å². The lowest BCUT2D eigenvalue weighted by molar-refractivity contribution is 0.0348. The van der Waals surface area contributed by atoms with Gasteiger partial charge >= 0.3 is 0 Å². The average molecular weight is 212 g/mol. The van der Waals surface area contributed by atoms with Crippen molar-refractivity contribution in [2.75, 3.05) is 32.8 Å². The zero-order valence-electron chi connectivity index (χ0n) is 9.80. The molecular weight excluding hydrogens is 188 g/mol. The van der Waals surface area contributed by atoms with E-state index in [1.165, 1.54) is 25.8 Å². The van der Waals surface area contributed by atoms with Crippen LogP contribution in [-0.4, -0.2) is 38.9 Å². The Labute approximate surface area is 93.0 Å². The lowest BCUT2D eigenvalue weighted by atomic mass is 10.1. The lowest BCUT2D eigenvalue weighted by Crippen LogP contribution is -2.34. The van der Waals surface area contributed by atoms with E-state index in [1.807, 2.05) is 0 Å². The Morgan fingerprint density at radius 3 is 2.73 bits per heavy atom. The fourth-order valence-electron chi connectivity index (χ4n) is 2.23. The second kappa shape index (κ2) is 5.83. The van der Waals surface area contributed by atoms with Crippen LogP contribution in [0.3, 0.4) is 0 Å². The van der Waals surface area contributed by atoms with Crippen molar-refractivity contribution in [1.29, 1.82) is 0 Å². The third kappa shape index (κ3) is 4.09. The van der Waals surface area contributed by atoms with Crippen LogP contribution in [0.4, 0.5) is 0 Å². The number of nitrogens with one attached hydrogen (secondary N) is 2. The van der Waals surface area contributed by atoms with E-state index >= 15 is 0 Å². The molecule has 1 saturated heterocycles. The molecule has 2 unspecified atom stereocenters. The SMILES string of the molecule is CC1CC1CNCCOC1CCNCC1. The molecule has 1 saturated carbocycles. The molecule has 1 heterocycles. The first-order valence-electron chi connectivity index (χ1n) is 6.39. The van der Waals surface area contributed by atoms with E-state index in [0.29, 0.717) is 6.10 Å². The molecule has 3 nitrogen and oxygen atoms in total. The summed E-state index contributed by atoms with van der Waals surface area (Å²) in [4.78, 5) is 0. The van der Waals surface area contributed by atoms with Crippen molar-refractivity contribution in [2.45, 2.75) is 32.3 Å². The summed E-state index contributed by atoms with van der Waals surface area (Å²) in [7, 11) is 0. The second-order valence-corrected chi connectivity index (χ2v) is 5.00. The summed E-state index contributed by atoms with van der Waals surface area (Å²) in [5, 5.41) is 6.83. The summed E-state index contributed by atoms with van der Waals surface area (Å²) in [6.07, 6.45) is 4.29. The quantitative estimate of drug-likeness (QED) is 0.645. The van der Waals surface area contributed by atoms with Gasteiger partial charge in [0, 0.05) is 6.54 Å². The molecule has 0 aromatic heterocycles. The van der Waals surface area contributed by atoms with E-state index in [2.05, 4.69) is 17.6 Å². The topological polar surface area (TPSA) is 33.3 Å². The molecule has 0 aromatic rings. The van der Waals surface area contributed by atoms with Crippen molar-refractivity contribution in [3.63, 3.8) is 0 Å². The van der Waals surface area contributed by atoms with Gasteiger partial charge in [-0.3, -0.25) is 0 Å². The highest BCUT2D eigenvalue weighted by Crippen LogP contribution is 2.36. The molecule has 2 aliphatic rings. The van der Waals surface area contributed by atoms with Crippen LogP contribution in [0.2, 0.25) is 0 Å². The van der Waals surface area contributed by atoms with Gasteiger partial charge in [-0.15, -0.1) is 0 Å².